The number of aryl methyl sites for hydroxylation is 1. The molecule has 1 saturated heterocycles. The second-order valence-electron chi connectivity index (χ2n) is 7.44. The van der Waals surface area contributed by atoms with Gasteiger partial charge in [0, 0.05) is 17.3 Å². The van der Waals surface area contributed by atoms with E-state index in [1.165, 1.54) is 32.4 Å². The van der Waals surface area contributed by atoms with Gasteiger partial charge in [0.2, 0.25) is 0 Å². The first-order valence-corrected chi connectivity index (χ1v) is 10.3. The van der Waals surface area contributed by atoms with E-state index in [0.717, 1.165) is 4.57 Å². The van der Waals surface area contributed by atoms with E-state index >= 15 is 0 Å². The Kier molecular flexibility index (Phi) is 7.39. The summed E-state index contributed by atoms with van der Waals surface area (Å²) in [6.07, 6.45) is -2.16. The summed E-state index contributed by atoms with van der Waals surface area (Å²) in [5.41, 5.74) is -1.34. The first kappa shape index (κ1) is 23.6. The van der Waals surface area contributed by atoms with Gasteiger partial charge in [-0.05, 0) is 25.5 Å². The Balaban J connectivity index is 2.02. The van der Waals surface area contributed by atoms with Crippen LogP contribution >= 0.6 is 0 Å². The maximum absolute atomic E-state index is 13.2. The Morgan fingerprint density at radius 3 is 2.50 bits per heavy atom. The van der Waals surface area contributed by atoms with Crippen molar-refractivity contribution in [1.82, 2.24) is 9.13 Å². The zero-order valence-corrected chi connectivity index (χ0v) is 18.1. The summed E-state index contributed by atoms with van der Waals surface area (Å²) in [5.74, 6) is -1.26. The fraction of sp³-hybridized carbons (Fsp3) is 0.455. The van der Waals surface area contributed by atoms with Gasteiger partial charge >= 0.3 is 11.7 Å². The number of esters is 1. The molecule has 172 valence electrons. The highest BCUT2D eigenvalue weighted by Crippen LogP contribution is 2.32. The van der Waals surface area contributed by atoms with Crippen molar-refractivity contribution < 1.29 is 28.9 Å². The number of carbonyl (C=O) groups is 2. The van der Waals surface area contributed by atoms with Gasteiger partial charge in [-0.3, -0.25) is 19.0 Å². The third-order valence-corrected chi connectivity index (χ3v) is 5.34. The maximum atomic E-state index is 13.2. The van der Waals surface area contributed by atoms with Crippen LogP contribution in [0.15, 0.2) is 46.1 Å². The van der Waals surface area contributed by atoms with E-state index in [2.05, 4.69) is 4.74 Å². The molecule has 0 spiro atoms. The molecular formula is C22H26N2O8. The molecule has 0 bridgehead atoms. The van der Waals surface area contributed by atoms with Crippen molar-refractivity contribution >= 4 is 11.9 Å². The summed E-state index contributed by atoms with van der Waals surface area (Å²) in [5, 5.41) is 10.7. The van der Waals surface area contributed by atoms with Crippen molar-refractivity contribution in [3.63, 3.8) is 0 Å². The normalized spacial score (nSPS) is 22.6. The minimum Gasteiger partial charge on any atom is -0.469 e. The summed E-state index contributed by atoms with van der Waals surface area (Å²) >= 11 is 0. The van der Waals surface area contributed by atoms with Crippen LogP contribution in [0, 0.1) is 6.92 Å². The Morgan fingerprint density at radius 1 is 1.19 bits per heavy atom. The average molecular weight is 446 g/mol. The van der Waals surface area contributed by atoms with Crippen molar-refractivity contribution in [3.8, 4) is 0 Å². The van der Waals surface area contributed by atoms with Gasteiger partial charge in [-0.15, -0.1) is 0 Å². The van der Waals surface area contributed by atoms with E-state index in [1.807, 2.05) is 0 Å². The number of ether oxygens (including phenoxy) is 3. The molecule has 1 aliphatic rings. The van der Waals surface area contributed by atoms with E-state index in [0.29, 0.717) is 11.0 Å². The second kappa shape index (κ2) is 10.0. The molecule has 1 aromatic heterocycles. The molecular weight excluding hydrogens is 420 g/mol. The third-order valence-electron chi connectivity index (χ3n) is 5.34. The first-order chi connectivity index (χ1) is 15.3. The topological polar surface area (TPSA) is 126 Å². The van der Waals surface area contributed by atoms with Gasteiger partial charge in [-0.25, -0.2) is 4.79 Å². The lowest BCUT2D eigenvalue weighted by Crippen LogP contribution is -2.47. The van der Waals surface area contributed by atoms with Gasteiger partial charge in [0.05, 0.1) is 26.2 Å². The standard InChI is InChI=1S/C22H26N2O8/c1-4-15-17(26)18(31-11-10-16(25)30-3)21(32-15)23-12-13(2)19(27)24(22(23)29)20(28)14-8-6-5-7-9-14/h5-9,12,15,17-18,21,26H,4,10-11H2,1-3H3/t15-,17?,18+,21-/m1/s1. The Labute approximate surface area is 184 Å². The quantitative estimate of drug-likeness (QED) is 0.614. The smallest absolute Gasteiger partial charge is 0.340 e. The molecule has 1 aliphatic heterocycles. The molecule has 1 aromatic carbocycles. The van der Waals surface area contributed by atoms with Gasteiger partial charge in [-0.1, -0.05) is 25.1 Å². The molecule has 4 atom stereocenters. The average Bonchev–Trinajstić information content (AvgIpc) is 3.11. The molecule has 10 nitrogen and oxygen atoms in total. The second-order valence-corrected chi connectivity index (χ2v) is 7.44. The molecule has 1 fully saturated rings. The van der Waals surface area contributed by atoms with Gasteiger partial charge in [0.1, 0.15) is 12.2 Å². The number of rotatable bonds is 7. The summed E-state index contributed by atoms with van der Waals surface area (Å²) < 4.78 is 17.8. The zero-order valence-electron chi connectivity index (χ0n) is 18.1. The number of hydrogen-bond donors (Lipinski definition) is 1. The van der Waals surface area contributed by atoms with Crippen LogP contribution in [-0.2, 0) is 19.0 Å². The van der Waals surface area contributed by atoms with Gasteiger partial charge in [0.15, 0.2) is 6.23 Å². The van der Waals surface area contributed by atoms with Gasteiger partial charge in [0.25, 0.3) is 11.5 Å². The molecule has 2 heterocycles. The van der Waals surface area contributed by atoms with E-state index in [9.17, 15) is 24.3 Å². The lowest BCUT2D eigenvalue weighted by molar-refractivity contribution is -0.143. The molecule has 1 unspecified atom stereocenters. The number of carbonyl (C=O) groups excluding carboxylic acids is 2. The van der Waals surface area contributed by atoms with Crippen LogP contribution in [0.3, 0.4) is 0 Å². The van der Waals surface area contributed by atoms with Crippen LogP contribution in [0.5, 0.6) is 0 Å². The van der Waals surface area contributed by atoms with Crippen molar-refractivity contribution in [3.05, 3.63) is 68.5 Å². The molecule has 32 heavy (non-hydrogen) atoms. The highest BCUT2D eigenvalue weighted by atomic mass is 16.6. The van der Waals surface area contributed by atoms with Crippen LogP contribution in [0.4, 0.5) is 0 Å². The minimum atomic E-state index is -1.10. The molecule has 0 radical (unpaired) electrons. The Hall–Kier alpha value is -3.08. The largest absolute Gasteiger partial charge is 0.469 e. The fourth-order valence-corrected chi connectivity index (χ4v) is 3.61. The minimum absolute atomic E-state index is 0.0524. The number of aliphatic hydroxyl groups is 1. The number of methoxy groups -OCH3 is 1. The van der Waals surface area contributed by atoms with E-state index < -0.39 is 47.7 Å². The lowest BCUT2D eigenvalue weighted by Gasteiger charge is -2.23. The van der Waals surface area contributed by atoms with Gasteiger partial charge < -0.3 is 19.3 Å². The Bertz CT molecular complexity index is 1090. The predicted octanol–water partition coefficient (Wildman–Crippen LogP) is 0.624. The van der Waals surface area contributed by atoms with Crippen LogP contribution in [0.2, 0.25) is 0 Å². The number of benzene rings is 1. The summed E-state index contributed by atoms with van der Waals surface area (Å²) in [6.45, 7) is 3.21. The van der Waals surface area contributed by atoms with Gasteiger partial charge in [-0.2, -0.15) is 4.57 Å². The SMILES string of the molecule is CC[C@H]1O[C@@H](n2cc(C)c(=O)n(C(=O)c3ccccc3)c2=O)[C@@H](OCCC(=O)OC)C1O. The predicted molar refractivity (Wildman–Crippen MR) is 112 cm³/mol. The van der Waals surface area contributed by atoms with Crippen molar-refractivity contribution in [2.24, 2.45) is 0 Å². The summed E-state index contributed by atoms with van der Waals surface area (Å²) in [4.78, 5) is 50.2. The first-order valence-electron chi connectivity index (χ1n) is 10.3. The van der Waals surface area contributed by atoms with Crippen molar-refractivity contribution in [1.29, 1.82) is 0 Å². The van der Waals surface area contributed by atoms with Crippen LogP contribution < -0.4 is 11.2 Å². The summed E-state index contributed by atoms with van der Waals surface area (Å²) in [7, 11) is 1.25. The Morgan fingerprint density at radius 2 is 1.88 bits per heavy atom. The molecule has 0 saturated carbocycles. The number of aliphatic hydroxyl groups excluding tert-OH is 1. The fourth-order valence-electron chi connectivity index (χ4n) is 3.61. The molecule has 3 rings (SSSR count). The van der Waals surface area contributed by atoms with E-state index in [4.69, 9.17) is 9.47 Å². The third kappa shape index (κ3) is 4.57. The molecule has 0 amide bonds. The summed E-state index contributed by atoms with van der Waals surface area (Å²) in [6, 6.07) is 7.97. The molecule has 1 N–H and O–H groups in total. The highest BCUT2D eigenvalue weighted by Gasteiger charge is 2.45. The van der Waals surface area contributed by atoms with E-state index in [1.54, 1.807) is 25.1 Å². The maximum Gasteiger partial charge on any atom is 0.340 e. The highest BCUT2D eigenvalue weighted by molar-refractivity contribution is 5.95. The monoisotopic (exact) mass is 446 g/mol. The zero-order chi connectivity index (χ0) is 23.4. The van der Waals surface area contributed by atoms with Crippen LogP contribution in [-0.4, -0.2) is 58.1 Å². The van der Waals surface area contributed by atoms with Crippen LogP contribution in [0.25, 0.3) is 0 Å². The number of nitrogens with zero attached hydrogens (tertiary/aromatic N) is 2. The molecule has 10 heteroatoms. The molecule has 0 aliphatic carbocycles. The van der Waals surface area contributed by atoms with Crippen molar-refractivity contribution in [2.75, 3.05) is 13.7 Å². The lowest BCUT2D eigenvalue weighted by atomic mass is 10.1. The van der Waals surface area contributed by atoms with Crippen molar-refractivity contribution in [2.45, 2.75) is 51.2 Å². The van der Waals surface area contributed by atoms with E-state index in [-0.39, 0.29) is 24.2 Å². The molecule has 2 aromatic rings. The van der Waals surface area contributed by atoms with Crippen LogP contribution in [0.1, 0.15) is 41.9 Å². The number of aromatic nitrogens is 2. The number of hydrogen-bond acceptors (Lipinski definition) is 8.